The van der Waals surface area contributed by atoms with Crippen molar-refractivity contribution in [1.82, 2.24) is 15.3 Å². The molecule has 4 heteroatoms. The lowest BCUT2D eigenvalue weighted by Crippen LogP contribution is -2.22. The largest absolute Gasteiger partial charge is 0.316 e. The van der Waals surface area contributed by atoms with Crippen molar-refractivity contribution in [1.29, 1.82) is 0 Å². The van der Waals surface area contributed by atoms with Crippen molar-refractivity contribution < 1.29 is 0 Å². The summed E-state index contributed by atoms with van der Waals surface area (Å²) in [5.41, 5.74) is 2.26. The molecule has 0 aliphatic heterocycles. The molecule has 96 valence electrons. The van der Waals surface area contributed by atoms with Gasteiger partial charge >= 0.3 is 0 Å². The lowest BCUT2D eigenvalue weighted by atomic mass is 10.2. The fourth-order valence-electron chi connectivity index (χ4n) is 1.65. The zero-order chi connectivity index (χ0) is 12.8. The average molecular weight is 261 g/mol. The molecule has 2 aromatic rings. The molecule has 0 bridgehead atoms. The van der Waals surface area contributed by atoms with Crippen LogP contribution in [-0.2, 0) is 6.42 Å². The molecule has 2 aromatic heterocycles. The molecule has 0 atom stereocenters. The highest BCUT2D eigenvalue weighted by Gasteiger charge is 2.04. The average Bonchev–Trinajstić information content (AvgIpc) is 2.84. The first-order valence-electron chi connectivity index (χ1n) is 6.31. The molecule has 18 heavy (non-hydrogen) atoms. The Kier molecular flexibility index (Phi) is 4.84. The van der Waals surface area contributed by atoms with Crippen LogP contribution in [0.3, 0.4) is 0 Å². The van der Waals surface area contributed by atoms with E-state index in [1.165, 1.54) is 0 Å². The van der Waals surface area contributed by atoms with Crippen molar-refractivity contribution in [2.24, 2.45) is 5.92 Å². The van der Waals surface area contributed by atoms with Gasteiger partial charge in [0.15, 0.2) is 0 Å². The number of aromatic nitrogens is 2. The molecule has 0 amide bonds. The Bertz CT molecular complexity index is 465. The molecule has 0 spiro atoms. The van der Waals surface area contributed by atoms with Crippen molar-refractivity contribution >= 4 is 11.3 Å². The summed E-state index contributed by atoms with van der Waals surface area (Å²) in [5, 5.41) is 6.63. The number of thiazole rings is 1. The minimum absolute atomic E-state index is 0.700. The van der Waals surface area contributed by atoms with E-state index in [0.29, 0.717) is 5.92 Å². The van der Waals surface area contributed by atoms with Gasteiger partial charge in [0.05, 0.1) is 5.69 Å². The van der Waals surface area contributed by atoms with E-state index in [9.17, 15) is 0 Å². The first kappa shape index (κ1) is 13.2. The number of hydrogen-bond acceptors (Lipinski definition) is 4. The third-order valence-electron chi connectivity index (χ3n) is 2.57. The standard InChI is InChI=1S/C14H19N3S/c1-11(2)8-16-7-5-13-10-18-14(17-13)12-4-3-6-15-9-12/h3-4,6,9-11,16H,5,7-8H2,1-2H3. The number of rotatable bonds is 6. The number of pyridine rings is 1. The summed E-state index contributed by atoms with van der Waals surface area (Å²) in [5.74, 6) is 0.700. The van der Waals surface area contributed by atoms with Crippen molar-refractivity contribution in [3.63, 3.8) is 0 Å². The van der Waals surface area contributed by atoms with Gasteiger partial charge in [-0.2, -0.15) is 0 Å². The highest BCUT2D eigenvalue weighted by Crippen LogP contribution is 2.22. The van der Waals surface area contributed by atoms with Gasteiger partial charge in [0.25, 0.3) is 0 Å². The van der Waals surface area contributed by atoms with Gasteiger partial charge in [-0.3, -0.25) is 4.98 Å². The molecule has 0 fully saturated rings. The lowest BCUT2D eigenvalue weighted by molar-refractivity contribution is 0.553. The van der Waals surface area contributed by atoms with Crippen molar-refractivity contribution in [3.05, 3.63) is 35.6 Å². The molecule has 0 aromatic carbocycles. The van der Waals surface area contributed by atoms with Crippen LogP contribution >= 0.6 is 11.3 Å². The highest BCUT2D eigenvalue weighted by molar-refractivity contribution is 7.13. The predicted octanol–water partition coefficient (Wildman–Crippen LogP) is 2.99. The van der Waals surface area contributed by atoms with Crippen LogP contribution in [0.4, 0.5) is 0 Å². The van der Waals surface area contributed by atoms with E-state index in [-0.39, 0.29) is 0 Å². The Balaban J connectivity index is 1.87. The van der Waals surface area contributed by atoms with Gasteiger partial charge in [-0.1, -0.05) is 13.8 Å². The minimum atomic E-state index is 0.700. The quantitative estimate of drug-likeness (QED) is 0.812. The van der Waals surface area contributed by atoms with Crippen LogP contribution in [0.2, 0.25) is 0 Å². The number of hydrogen-bond donors (Lipinski definition) is 1. The van der Waals surface area contributed by atoms with Gasteiger partial charge in [-0.15, -0.1) is 11.3 Å². The Hall–Kier alpha value is -1.26. The molecule has 0 saturated carbocycles. The maximum absolute atomic E-state index is 4.64. The van der Waals surface area contributed by atoms with Crippen molar-refractivity contribution in [2.45, 2.75) is 20.3 Å². The molecule has 0 aliphatic rings. The van der Waals surface area contributed by atoms with Crippen molar-refractivity contribution in [3.8, 4) is 10.6 Å². The van der Waals surface area contributed by atoms with Crippen LogP contribution in [0.5, 0.6) is 0 Å². The van der Waals surface area contributed by atoms with Gasteiger partial charge in [0, 0.05) is 36.3 Å². The van der Waals surface area contributed by atoms with Crippen LogP contribution < -0.4 is 5.32 Å². The summed E-state index contributed by atoms with van der Waals surface area (Å²) in [4.78, 5) is 8.76. The summed E-state index contributed by atoms with van der Waals surface area (Å²) in [6, 6.07) is 3.99. The second-order valence-electron chi connectivity index (χ2n) is 4.73. The van der Waals surface area contributed by atoms with E-state index >= 15 is 0 Å². The normalized spacial score (nSPS) is 11.1. The second kappa shape index (κ2) is 6.61. The van der Waals surface area contributed by atoms with Gasteiger partial charge in [-0.25, -0.2) is 4.98 Å². The Morgan fingerprint density at radius 3 is 3.00 bits per heavy atom. The smallest absolute Gasteiger partial charge is 0.125 e. The van der Waals surface area contributed by atoms with E-state index < -0.39 is 0 Å². The Labute approximate surface area is 112 Å². The Morgan fingerprint density at radius 2 is 2.28 bits per heavy atom. The maximum atomic E-state index is 4.64. The van der Waals surface area contributed by atoms with Crippen LogP contribution in [0, 0.1) is 5.92 Å². The molecule has 1 N–H and O–H groups in total. The third-order valence-corrected chi connectivity index (χ3v) is 3.51. The predicted molar refractivity (Wildman–Crippen MR) is 76.8 cm³/mol. The Morgan fingerprint density at radius 1 is 1.39 bits per heavy atom. The number of nitrogens with zero attached hydrogens (tertiary/aromatic N) is 2. The van der Waals surface area contributed by atoms with E-state index in [2.05, 4.69) is 34.5 Å². The van der Waals surface area contributed by atoms with E-state index in [1.54, 1.807) is 17.5 Å². The van der Waals surface area contributed by atoms with E-state index in [0.717, 1.165) is 35.8 Å². The zero-order valence-corrected chi connectivity index (χ0v) is 11.7. The van der Waals surface area contributed by atoms with Crippen molar-refractivity contribution in [2.75, 3.05) is 13.1 Å². The fraction of sp³-hybridized carbons (Fsp3) is 0.429. The summed E-state index contributed by atoms with van der Waals surface area (Å²) in [7, 11) is 0. The molecular weight excluding hydrogens is 242 g/mol. The molecule has 0 unspecified atom stereocenters. The summed E-state index contributed by atoms with van der Waals surface area (Å²) in [6.07, 6.45) is 4.64. The van der Waals surface area contributed by atoms with Gasteiger partial charge < -0.3 is 5.32 Å². The summed E-state index contributed by atoms with van der Waals surface area (Å²) in [6.45, 7) is 6.50. The maximum Gasteiger partial charge on any atom is 0.125 e. The molecule has 0 aliphatic carbocycles. The first-order chi connectivity index (χ1) is 8.75. The second-order valence-corrected chi connectivity index (χ2v) is 5.59. The zero-order valence-electron chi connectivity index (χ0n) is 10.9. The topological polar surface area (TPSA) is 37.8 Å². The molecule has 2 rings (SSSR count). The lowest BCUT2D eigenvalue weighted by Gasteiger charge is -2.05. The van der Waals surface area contributed by atoms with Gasteiger partial charge in [0.1, 0.15) is 5.01 Å². The molecule has 0 saturated heterocycles. The third kappa shape index (κ3) is 3.89. The molecular formula is C14H19N3S. The fourth-order valence-corrected chi connectivity index (χ4v) is 2.50. The summed E-state index contributed by atoms with van der Waals surface area (Å²) < 4.78 is 0. The minimum Gasteiger partial charge on any atom is -0.316 e. The SMILES string of the molecule is CC(C)CNCCc1csc(-c2cccnc2)n1. The number of nitrogens with one attached hydrogen (secondary N) is 1. The van der Waals surface area contributed by atoms with Crippen LogP contribution in [0.25, 0.3) is 10.6 Å². The highest BCUT2D eigenvalue weighted by atomic mass is 32.1. The van der Waals surface area contributed by atoms with Crippen LogP contribution in [0.1, 0.15) is 19.5 Å². The van der Waals surface area contributed by atoms with Gasteiger partial charge in [0.2, 0.25) is 0 Å². The molecule has 2 heterocycles. The molecule has 3 nitrogen and oxygen atoms in total. The van der Waals surface area contributed by atoms with Crippen LogP contribution in [-0.4, -0.2) is 23.1 Å². The van der Waals surface area contributed by atoms with Gasteiger partial charge in [-0.05, 0) is 24.6 Å². The molecule has 0 radical (unpaired) electrons. The van der Waals surface area contributed by atoms with Crippen LogP contribution in [0.15, 0.2) is 29.9 Å². The van der Waals surface area contributed by atoms with E-state index in [1.807, 2.05) is 18.3 Å². The monoisotopic (exact) mass is 261 g/mol. The van der Waals surface area contributed by atoms with E-state index in [4.69, 9.17) is 0 Å². The summed E-state index contributed by atoms with van der Waals surface area (Å²) >= 11 is 1.69. The first-order valence-corrected chi connectivity index (χ1v) is 7.19.